The summed E-state index contributed by atoms with van der Waals surface area (Å²) in [5, 5.41) is 2.69. The number of hydrogen-bond donors (Lipinski definition) is 1. The minimum Gasteiger partial charge on any atom is -0.465 e. The summed E-state index contributed by atoms with van der Waals surface area (Å²) >= 11 is 0. The lowest BCUT2D eigenvalue weighted by molar-refractivity contribution is -0.143. The molecule has 1 N–H and O–H groups in total. The van der Waals surface area contributed by atoms with Crippen molar-refractivity contribution in [2.75, 3.05) is 18.9 Å². The van der Waals surface area contributed by atoms with E-state index in [9.17, 15) is 22.8 Å². The summed E-state index contributed by atoms with van der Waals surface area (Å²) in [4.78, 5) is 38.2. The van der Waals surface area contributed by atoms with Gasteiger partial charge in [-0.2, -0.15) is 0 Å². The van der Waals surface area contributed by atoms with E-state index in [0.717, 1.165) is 0 Å². The number of hydrogen-bond acceptors (Lipinski definition) is 6. The van der Waals surface area contributed by atoms with E-state index in [1.807, 2.05) is 27.7 Å². The average molecular weight is 466 g/mol. The van der Waals surface area contributed by atoms with E-state index in [4.69, 9.17) is 4.74 Å². The fourth-order valence-corrected chi connectivity index (χ4v) is 5.07. The Morgan fingerprint density at radius 1 is 1.09 bits per heavy atom. The Hall–Kier alpha value is -2.88. The number of benzene rings is 1. The van der Waals surface area contributed by atoms with Crippen molar-refractivity contribution in [1.29, 1.82) is 0 Å². The van der Waals surface area contributed by atoms with Crippen LogP contribution < -0.4 is 5.32 Å². The van der Waals surface area contributed by atoms with Gasteiger partial charge in [0.15, 0.2) is 9.84 Å². The molecule has 0 unspecified atom stereocenters. The van der Waals surface area contributed by atoms with Crippen LogP contribution in [0.4, 0.5) is 0 Å². The molecule has 1 aromatic heterocycles. The molecule has 0 spiro atoms. The van der Waals surface area contributed by atoms with Gasteiger partial charge in [0.25, 0.3) is 0 Å². The van der Waals surface area contributed by atoms with Gasteiger partial charge in [-0.3, -0.25) is 14.4 Å². The van der Waals surface area contributed by atoms with Crippen molar-refractivity contribution >= 4 is 38.5 Å². The van der Waals surface area contributed by atoms with Crippen molar-refractivity contribution < 1.29 is 27.5 Å². The van der Waals surface area contributed by atoms with Gasteiger partial charge in [0, 0.05) is 29.2 Å². The zero-order valence-corrected chi connectivity index (χ0v) is 19.9. The highest BCUT2D eigenvalue weighted by atomic mass is 32.2. The van der Waals surface area contributed by atoms with E-state index < -0.39 is 34.0 Å². The first-order chi connectivity index (χ1) is 15.0. The van der Waals surface area contributed by atoms with Crippen molar-refractivity contribution in [2.45, 2.75) is 58.1 Å². The maximum atomic E-state index is 13.0. The maximum absolute atomic E-state index is 13.0. The highest BCUT2D eigenvalue weighted by Crippen LogP contribution is 2.26. The third-order valence-electron chi connectivity index (χ3n) is 4.85. The van der Waals surface area contributed by atoms with E-state index in [1.54, 1.807) is 40.7 Å². The number of carbonyl (C=O) groups excluding carboxylic acids is 3. The van der Waals surface area contributed by atoms with Crippen LogP contribution in [0.2, 0.25) is 0 Å². The van der Waals surface area contributed by atoms with E-state index in [1.165, 1.54) is 6.20 Å². The van der Waals surface area contributed by atoms with E-state index >= 15 is 0 Å². The number of fused-ring (bicyclic) bond motifs is 1. The molecular formula is C22H31N3O6S. The Morgan fingerprint density at radius 2 is 1.72 bits per heavy atom. The largest absolute Gasteiger partial charge is 0.465 e. The molecule has 0 saturated carbocycles. The van der Waals surface area contributed by atoms with Gasteiger partial charge < -0.3 is 19.5 Å². The number of para-hydroxylation sites is 1. The second kappa shape index (κ2) is 10.6. The summed E-state index contributed by atoms with van der Waals surface area (Å²) < 4.78 is 32.3. The predicted octanol–water partition coefficient (Wildman–Crippen LogP) is 1.74. The Morgan fingerprint density at radius 3 is 2.31 bits per heavy atom. The smallest absolute Gasteiger partial charge is 0.325 e. The second-order valence-corrected chi connectivity index (χ2v) is 9.93. The van der Waals surface area contributed by atoms with Gasteiger partial charge in [-0.1, -0.05) is 18.2 Å². The summed E-state index contributed by atoms with van der Waals surface area (Å²) in [7, 11) is -4.02. The maximum Gasteiger partial charge on any atom is 0.325 e. The zero-order chi connectivity index (χ0) is 24.1. The number of rotatable bonds is 10. The lowest BCUT2D eigenvalue weighted by atomic mass is 10.2. The lowest BCUT2D eigenvalue weighted by Gasteiger charge is -2.31. The van der Waals surface area contributed by atoms with E-state index in [0.29, 0.717) is 10.9 Å². The summed E-state index contributed by atoms with van der Waals surface area (Å²) in [6.07, 6.45) is 1.40. The molecule has 32 heavy (non-hydrogen) atoms. The topological polar surface area (TPSA) is 115 Å². The Kier molecular flexibility index (Phi) is 8.43. The number of carbonyl (C=O) groups is 3. The molecule has 9 nitrogen and oxygen atoms in total. The number of sulfone groups is 1. The first kappa shape index (κ1) is 25.4. The zero-order valence-electron chi connectivity index (χ0n) is 19.1. The lowest BCUT2D eigenvalue weighted by Crippen LogP contribution is -2.43. The predicted molar refractivity (Wildman–Crippen MR) is 121 cm³/mol. The van der Waals surface area contributed by atoms with Crippen molar-refractivity contribution in [3.8, 4) is 0 Å². The highest BCUT2D eigenvalue weighted by Gasteiger charge is 2.26. The quantitative estimate of drug-likeness (QED) is 0.535. The van der Waals surface area contributed by atoms with Gasteiger partial charge in [0.05, 0.1) is 11.5 Å². The summed E-state index contributed by atoms with van der Waals surface area (Å²) in [6.45, 7) is 9.07. The van der Waals surface area contributed by atoms with Crippen LogP contribution in [-0.4, -0.2) is 66.7 Å². The first-order valence-corrected chi connectivity index (χ1v) is 12.2. The van der Waals surface area contributed by atoms with Gasteiger partial charge in [-0.25, -0.2) is 8.42 Å². The van der Waals surface area contributed by atoms with Crippen LogP contribution in [0.1, 0.15) is 34.6 Å². The van der Waals surface area contributed by atoms with Crippen LogP contribution in [0.25, 0.3) is 10.9 Å². The summed E-state index contributed by atoms with van der Waals surface area (Å²) in [6, 6.07) is 6.82. The molecule has 1 heterocycles. The van der Waals surface area contributed by atoms with Crippen LogP contribution in [0.15, 0.2) is 35.4 Å². The normalized spacial score (nSPS) is 11.7. The molecule has 0 aliphatic carbocycles. The van der Waals surface area contributed by atoms with Crippen molar-refractivity contribution in [2.24, 2.45) is 0 Å². The van der Waals surface area contributed by atoms with E-state index in [-0.39, 0.29) is 36.0 Å². The number of esters is 1. The number of aromatic nitrogens is 1. The monoisotopic (exact) mass is 465 g/mol. The molecular weight excluding hydrogens is 434 g/mol. The van der Waals surface area contributed by atoms with Gasteiger partial charge in [0.1, 0.15) is 18.8 Å². The highest BCUT2D eigenvalue weighted by molar-refractivity contribution is 7.92. The molecule has 0 fully saturated rings. The van der Waals surface area contributed by atoms with Gasteiger partial charge in [-0.15, -0.1) is 0 Å². The van der Waals surface area contributed by atoms with E-state index in [2.05, 4.69) is 5.32 Å². The molecule has 10 heteroatoms. The average Bonchev–Trinajstić information content (AvgIpc) is 3.05. The van der Waals surface area contributed by atoms with Crippen LogP contribution >= 0.6 is 0 Å². The molecule has 0 saturated heterocycles. The first-order valence-electron chi connectivity index (χ1n) is 10.5. The molecule has 176 valence electrons. The standard InChI is InChI=1S/C22H31N3O6S/c1-6-31-22(28)11-23-20(26)14-32(29,30)19-12-24(18-10-8-7-9-17(18)19)13-21(27)25(15(2)3)16(4)5/h7-10,12,15-16H,6,11,13-14H2,1-5H3,(H,23,26). The minimum absolute atomic E-state index is 0.00405. The second-order valence-electron chi connectivity index (χ2n) is 7.97. The fraction of sp³-hybridized carbons (Fsp3) is 0.500. The number of amides is 2. The molecule has 0 aliphatic rings. The molecule has 0 atom stereocenters. The molecule has 1 aromatic carbocycles. The van der Waals surface area contributed by atoms with Crippen molar-refractivity contribution in [3.05, 3.63) is 30.5 Å². The molecule has 2 rings (SSSR count). The fourth-order valence-electron chi connectivity index (χ4n) is 3.68. The van der Waals surface area contributed by atoms with Crippen LogP contribution in [0.5, 0.6) is 0 Å². The summed E-state index contributed by atoms with van der Waals surface area (Å²) in [5.41, 5.74) is 0.582. The van der Waals surface area contributed by atoms with Crippen LogP contribution in [0, 0.1) is 0 Å². The van der Waals surface area contributed by atoms with Crippen LogP contribution in [-0.2, 0) is 35.5 Å². The Bertz CT molecular complexity index is 1080. The minimum atomic E-state index is -4.02. The van der Waals surface area contributed by atoms with Gasteiger partial charge >= 0.3 is 5.97 Å². The molecule has 0 aliphatic heterocycles. The third kappa shape index (κ3) is 6.09. The van der Waals surface area contributed by atoms with Gasteiger partial charge in [-0.05, 0) is 40.7 Å². The Balaban J connectivity index is 2.30. The third-order valence-corrected chi connectivity index (χ3v) is 6.49. The number of nitrogens with zero attached hydrogens (tertiary/aromatic N) is 2. The molecule has 2 aromatic rings. The van der Waals surface area contributed by atoms with Crippen molar-refractivity contribution in [3.63, 3.8) is 0 Å². The number of nitrogens with one attached hydrogen (secondary N) is 1. The molecule has 0 radical (unpaired) electrons. The summed E-state index contributed by atoms with van der Waals surface area (Å²) in [5.74, 6) is -2.41. The van der Waals surface area contributed by atoms with Gasteiger partial charge in [0.2, 0.25) is 11.8 Å². The van der Waals surface area contributed by atoms with Crippen LogP contribution in [0.3, 0.4) is 0 Å². The molecule has 2 amide bonds. The van der Waals surface area contributed by atoms with Crippen molar-refractivity contribution in [1.82, 2.24) is 14.8 Å². The number of ether oxygens (including phenoxy) is 1. The Labute approximate surface area is 188 Å². The SMILES string of the molecule is CCOC(=O)CNC(=O)CS(=O)(=O)c1cn(CC(=O)N(C(C)C)C(C)C)c2ccccc12. The molecule has 0 bridgehead atoms.